The van der Waals surface area contributed by atoms with Crippen LogP contribution in [0, 0.1) is 12.3 Å². The van der Waals surface area contributed by atoms with Crippen molar-refractivity contribution in [3.8, 4) is 0 Å². The molecule has 0 saturated heterocycles. The van der Waals surface area contributed by atoms with Gasteiger partial charge in [-0.1, -0.05) is 32.4 Å². The minimum absolute atomic E-state index is 0.0451. The summed E-state index contributed by atoms with van der Waals surface area (Å²) < 4.78 is 0.852. The summed E-state index contributed by atoms with van der Waals surface area (Å²) in [4.78, 5) is 1.16. The fourth-order valence-electron chi connectivity index (χ4n) is 1.04. The number of aryl methyl sites for hydroxylation is 1. The van der Waals surface area contributed by atoms with Gasteiger partial charge in [-0.05, 0) is 24.0 Å². The lowest BCUT2D eigenvalue weighted by Gasteiger charge is -2.23. The van der Waals surface area contributed by atoms with Crippen LogP contribution >= 0.6 is 34.5 Å². The molecule has 1 aromatic heterocycles. The van der Waals surface area contributed by atoms with Gasteiger partial charge in [-0.15, -0.1) is 22.9 Å². The topological polar surface area (TPSA) is 0 Å². The van der Waals surface area contributed by atoms with E-state index in [1.807, 2.05) is 6.92 Å². The van der Waals surface area contributed by atoms with Crippen molar-refractivity contribution in [3.05, 3.63) is 20.8 Å². The molecule has 0 aromatic carbocycles. The SMILES string of the molecule is Cc1cc(C(Cl)C(C)(C)C)sc1Cl. The number of halogens is 2. The molecule has 13 heavy (non-hydrogen) atoms. The van der Waals surface area contributed by atoms with Crippen molar-refractivity contribution in [2.24, 2.45) is 5.41 Å². The van der Waals surface area contributed by atoms with E-state index in [2.05, 4.69) is 26.8 Å². The van der Waals surface area contributed by atoms with Gasteiger partial charge in [0.15, 0.2) is 0 Å². The third kappa shape index (κ3) is 2.61. The molecule has 0 amide bonds. The van der Waals surface area contributed by atoms with E-state index in [9.17, 15) is 0 Å². The van der Waals surface area contributed by atoms with Gasteiger partial charge in [0.05, 0.1) is 9.71 Å². The molecule has 0 spiro atoms. The van der Waals surface area contributed by atoms with Gasteiger partial charge in [-0.2, -0.15) is 0 Å². The molecule has 1 unspecified atom stereocenters. The lowest BCUT2D eigenvalue weighted by molar-refractivity contribution is 0.399. The second kappa shape index (κ2) is 3.80. The van der Waals surface area contributed by atoms with Gasteiger partial charge in [0.1, 0.15) is 0 Å². The third-order valence-electron chi connectivity index (χ3n) is 1.89. The van der Waals surface area contributed by atoms with Gasteiger partial charge in [0.2, 0.25) is 0 Å². The van der Waals surface area contributed by atoms with Crippen molar-refractivity contribution < 1.29 is 0 Å². The normalized spacial score (nSPS) is 14.6. The highest BCUT2D eigenvalue weighted by molar-refractivity contribution is 7.16. The molecule has 1 aromatic rings. The van der Waals surface area contributed by atoms with Crippen molar-refractivity contribution in [1.82, 2.24) is 0 Å². The van der Waals surface area contributed by atoms with Gasteiger partial charge in [0, 0.05) is 4.88 Å². The standard InChI is InChI=1S/C10H14Cl2S/c1-6-5-7(13-9(6)12)8(11)10(2,3)4/h5,8H,1-4H3. The van der Waals surface area contributed by atoms with E-state index in [1.54, 1.807) is 11.3 Å². The highest BCUT2D eigenvalue weighted by Gasteiger charge is 2.25. The van der Waals surface area contributed by atoms with E-state index in [-0.39, 0.29) is 10.8 Å². The summed E-state index contributed by atoms with van der Waals surface area (Å²) in [5.41, 5.74) is 1.21. The van der Waals surface area contributed by atoms with Crippen LogP contribution in [0.25, 0.3) is 0 Å². The average molecular weight is 237 g/mol. The molecule has 0 saturated carbocycles. The molecule has 74 valence electrons. The van der Waals surface area contributed by atoms with Gasteiger partial charge in [-0.25, -0.2) is 0 Å². The number of hydrogen-bond acceptors (Lipinski definition) is 1. The van der Waals surface area contributed by atoms with E-state index >= 15 is 0 Å². The number of hydrogen-bond donors (Lipinski definition) is 0. The molecule has 0 aliphatic carbocycles. The zero-order chi connectivity index (χ0) is 10.2. The molecule has 0 fully saturated rings. The highest BCUT2D eigenvalue weighted by Crippen LogP contribution is 2.43. The first-order chi connectivity index (χ1) is 5.82. The summed E-state index contributed by atoms with van der Waals surface area (Å²) in [6.07, 6.45) is 0. The van der Waals surface area contributed by atoms with Crippen LogP contribution in [-0.2, 0) is 0 Å². The first kappa shape index (κ1) is 11.4. The van der Waals surface area contributed by atoms with E-state index in [1.165, 1.54) is 0 Å². The second-order valence-electron chi connectivity index (χ2n) is 4.33. The maximum atomic E-state index is 6.32. The number of thiophene rings is 1. The van der Waals surface area contributed by atoms with Crippen molar-refractivity contribution in [2.45, 2.75) is 33.1 Å². The van der Waals surface area contributed by atoms with Gasteiger partial charge in [0.25, 0.3) is 0 Å². The molecule has 0 nitrogen and oxygen atoms in total. The third-order valence-corrected chi connectivity index (χ3v) is 4.53. The summed E-state index contributed by atoms with van der Waals surface area (Å²) in [5, 5.41) is 0.0451. The molecule has 0 aliphatic heterocycles. The summed E-state index contributed by atoms with van der Waals surface area (Å²) in [5.74, 6) is 0. The monoisotopic (exact) mass is 236 g/mol. The van der Waals surface area contributed by atoms with E-state index in [4.69, 9.17) is 23.2 Å². The molecule has 1 atom stereocenters. The first-order valence-electron chi connectivity index (χ1n) is 4.22. The van der Waals surface area contributed by atoms with Crippen LogP contribution in [0.15, 0.2) is 6.07 Å². The van der Waals surface area contributed by atoms with Crippen LogP contribution in [0.4, 0.5) is 0 Å². The molecular weight excluding hydrogens is 223 g/mol. The molecular formula is C10H14Cl2S. The zero-order valence-corrected chi connectivity index (χ0v) is 10.6. The van der Waals surface area contributed by atoms with Crippen LogP contribution in [0.1, 0.15) is 36.6 Å². The Morgan fingerprint density at radius 3 is 2.23 bits per heavy atom. The smallest absolute Gasteiger partial charge is 0.0960 e. The fraction of sp³-hybridized carbons (Fsp3) is 0.600. The van der Waals surface area contributed by atoms with Crippen molar-refractivity contribution >= 4 is 34.5 Å². The van der Waals surface area contributed by atoms with Crippen molar-refractivity contribution in [2.75, 3.05) is 0 Å². The zero-order valence-electron chi connectivity index (χ0n) is 8.32. The molecule has 0 bridgehead atoms. The Bertz CT molecular complexity index is 277. The Labute approximate surface area is 93.9 Å². The van der Waals surface area contributed by atoms with Crippen LogP contribution in [-0.4, -0.2) is 0 Å². The highest BCUT2D eigenvalue weighted by atomic mass is 35.5. The Hall–Kier alpha value is 0.280. The van der Waals surface area contributed by atoms with E-state index in [0.717, 1.165) is 14.8 Å². The molecule has 0 N–H and O–H groups in total. The molecule has 3 heteroatoms. The number of alkyl halides is 1. The summed E-state index contributed by atoms with van der Waals surface area (Å²) in [6, 6.07) is 2.08. The average Bonchev–Trinajstić information content (AvgIpc) is 2.29. The first-order valence-corrected chi connectivity index (χ1v) is 5.85. The fourth-order valence-corrected chi connectivity index (χ4v) is 2.67. The maximum Gasteiger partial charge on any atom is 0.0960 e. The molecule has 0 aliphatic rings. The van der Waals surface area contributed by atoms with Crippen molar-refractivity contribution in [3.63, 3.8) is 0 Å². The van der Waals surface area contributed by atoms with Crippen LogP contribution in [0.2, 0.25) is 4.34 Å². The van der Waals surface area contributed by atoms with E-state index < -0.39 is 0 Å². The van der Waals surface area contributed by atoms with Crippen LogP contribution in [0.3, 0.4) is 0 Å². The molecule has 0 radical (unpaired) electrons. The maximum absolute atomic E-state index is 6.32. The predicted octanol–water partition coefficient (Wildman–Crippen LogP) is 5.04. The van der Waals surface area contributed by atoms with Crippen LogP contribution < -0.4 is 0 Å². The van der Waals surface area contributed by atoms with Crippen molar-refractivity contribution in [1.29, 1.82) is 0 Å². The minimum atomic E-state index is 0.0451. The lowest BCUT2D eigenvalue weighted by Crippen LogP contribution is -2.11. The minimum Gasteiger partial charge on any atom is -0.127 e. The Morgan fingerprint density at radius 1 is 1.38 bits per heavy atom. The largest absolute Gasteiger partial charge is 0.127 e. The predicted molar refractivity (Wildman–Crippen MR) is 62.1 cm³/mol. The molecule has 1 heterocycles. The van der Waals surface area contributed by atoms with Gasteiger partial charge < -0.3 is 0 Å². The Morgan fingerprint density at radius 2 is 1.92 bits per heavy atom. The second-order valence-corrected chi connectivity index (χ2v) is 6.46. The van der Waals surface area contributed by atoms with Crippen LogP contribution in [0.5, 0.6) is 0 Å². The van der Waals surface area contributed by atoms with E-state index in [0.29, 0.717) is 0 Å². The van der Waals surface area contributed by atoms with Gasteiger partial charge >= 0.3 is 0 Å². The summed E-state index contributed by atoms with van der Waals surface area (Å²) in [6.45, 7) is 8.41. The van der Waals surface area contributed by atoms with Gasteiger partial charge in [-0.3, -0.25) is 0 Å². The Kier molecular flexibility index (Phi) is 3.32. The Balaban J connectivity index is 2.96. The summed E-state index contributed by atoms with van der Waals surface area (Å²) in [7, 11) is 0. The number of rotatable bonds is 1. The lowest BCUT2D eigenvalue weighted by atomic mass is 9.91. The summed E-state index contributed by atoms with van der Waals surface area (Å²) >= 11 is 13.9. The quantitative estimate of drug-likeness (QED) is 0.600. The molecule has 1 rings (SSSR count).